The number of carbonyl (C=O) groups excluding carboxylic acids is 1. The fourth-order valence-corrected chi connectivity index (χ4v) is 6.49. The van der Waals surface area contributed by atoms with Crippen LogP contribution in [-0.4, -0.2) is 92.6 Å². The minimum atomic E-state index is -1.13. The molecule has 45 heavy (non-hydrogen) atoms. The Balaban J connectivity index is 1.18. The number of rotatable bonds is 11. The van der Waals surface area contributed by atoms with E-state index in [0.717, 1.165) is 29.3 Å². The molecule has 0 aliphatic carbocycles. The molecule has 3 aromatic heterocycles. The molecule has 2 unspecified atom stereocenters. The monoisotopic (exact) mass is 632 g/mol. The Morgan fingerprint density at radius 3 is 2.56 bits per heavy atom. The second-order valence-electron chi connectivity index (χ2n) is 14.0. The molecule has 2 atom stereocenters. The first-order valence-corrected chi connectivity index (χ1v) is 19.4. The topological polar surface area (TPSA) is 112 Å². The van der Waals surface area contributed by atoms with Crippen molar-refractivity contribution in [2.75, 3.05) is 31.2 Å². The molecule has 2 saturated heterocycles. The van der Waals surface area contributed by atoms with Crippen LogP contribution in [0.15, 0.2) is 49.1 Å². The summed E-state index contributed by atoms with van der Waals surface area (Å²) in [6, 6.07) is 10.9. The van der Waals surface area contributed by atoms with Crippen LogP contribution in [0.1, 0.15) is 27.7 Å². The molecule has 13 heteroatoms. The highest BCUT2D eigenvalue weighted by Gasteiger charge is 2.43. The van der Waals surface area contributed by atoms with Gasteiger partial charge in [-0.1, -0.05) is 57.8 Å². The SMILES string of the molecule is CC(C)C1CN(CC2COC(C)(C)O2)C(=O)N1c1ccn2ncc(-c3ccc(-c4ncn(COCC[Si](C)(C)C)n4)cc3)c2n1. The fraction of sp³-hybridized carbons (Fsp3) is 0.531. The van der Waals surface area contributed by atoms with Gasteiger partial charge < -0.3 is 19.1 Å². The summed E-state index contributed by atoms with van der Waals surface area (Å²) in [6.45, 7) is 17.8. The molecule has 5 heterocycles. The van der Waals surface area contributed by atoms with Crippen LogP contribution in [0.2, 0.25) is 25.7 Å². The number of nitrogens with zero attached hydrogens (tertiary/aromatic N) is 8. The van der Waals surface area contributed by atoms with Crippen LogP contribution in [0.5, 0.6) is 0 Å². The second kappa shape index (κ2) is 12.3. The Kier molecular flexibility index (Phi) is 8.54. The van der Waals surface area contributed by atoms with E-state index in [2.05, 4.69) is 48.7 Å². The first-order valence-electron chi connectivity index (χ1n) is 15.7. The summed E-state index contributed by atoms with van der Waals surface area (Å²) >= 11 is 0. The van der Waals surface area contributed by atoms with E-state index in [0.29, 0.717) is 43.7 Å². The van der Waals surface area contributed by atoms with Gasteiger partial charge in [0.1, 0.15) is 25.0 Å². The minimum absolute atomic E-state index is 0.0218. The molecule has 12 nitrogen and oxygen atoms in total. The van der Waals surface area contributed by atoms with Crippen molar-refractivity contribution in [1.29, 1.82) is 0 Å². The molecule has 0 bridgehead atoms. The van der Waals surface area contributed by atoms with Crippen molar-refractivity contribution in [3.8, 4) is 22.5 Å². The number of benzene rings is 1. The largest absolute Gasteiger partial charge is 0.359 e. The Hall–Kier alpha value is -3.65. The molecule has 2 fully saturated rings. The van der Waals surface area contributed by atoms with Gasteiger partial charge in [0.2, 0.25) is 0 Å². The van der Waals surface area contributed by atoms with Gasteiger partial charge in [0, 0.05) is 38.5 Å². The lowest BCUT2D eigenvalue weighted by molar-refractivity contribution is -0.139. The molecule has 0 saturated carbocycles. The lowest BCUT2D eigenvalue weighted by Crippen LogP contribution is -2.40. The Labute approximate surface area is 265 Å². The second-order valence-corrected chi connectivity index (χ2v) is 19.6. The van der Waals surface area contributed by atoms with Crippen molar-refractivity contribution in [3.05, 3.63) is 49.1 Å². The number of hydrogen-bond donors (Lipinski definition) is 0. The Bertz CT molecular complexity index is 1640. The first kappa shape index (κ1) is 31.3. The van der Waals surface area contributed by atoms with Crippen molar-refractivity contribution in [2.24, 2.45) is 5.92 Å². The van der Waals surface area contributed by atoms with Gasteiger partial charge in [0.25, 0.3) is 0 Å². The summed E-state index contributed by atoms with van der Waals surface area (Å²) in [5.74, 6) is 0.858. The third-order valence-electron chi connectivity index (χ3n) is 8.29. The number of anilines is 1. The quantitative estimate of drug-likeness (QED) is 0.160. The van der Waals surface area contributed by atoms with Gasteiger partial charge in [-0.2, -0.15) is 5.10 Å². The zero-order valence-corrected chi connectivity index (χ0v) is 28.3. The highest BCUT2D eigenvalue weighted by atomic mass is 28.3. The molecule has 0 radical (unpaired) electrons. The zero-order valence-electron chi connectivity index (χ0n) is 27.3. The van der Waals surface area contributed by atoms with E-state index in [1.807, 2.05) is 66.4 Å². The average molecular weight is 633 g/mol. The van der Waals surface area contributed by atoms with Gasteiger partial charge >= 0.3 is 6.03 Å². The van der Waals surface area contributed by atoms with E-state index >= 15 is 0 Å². The van der Waals surface area contributed by atoms with Crippen molar-refractivity contribution < 1.29 is 19.0 Å². The van der Waals surface area contributed by atoms with E-state index in [-0.39, 0.29) is 24.1 Å². The molecule has 6 rings (SSSR count). The standard InChI is InChI=1S/C32H44N8O4Si/c1-22(2)27-18-37(17-25-19-43-32(3,4)44-25)31(41)40(27)28-12-13-39-30(35-28)26(16-34-39)23-8-10-24(11-9-23)29-33-20-38(36-29)21-42-14-15-45(5,6)7/h8-13,16,20,22,25,27H,14-15,17-19,21H2,1-7H3. The summed E-state index contributed by atoms with van der Waals surface area (Å²) in [4.78, 5) is 26.9. The van der Waals surface area contributed by atoms with Gasteiger partial charge in [-0.3, -0.25) is 4.90 Å². The molecule has 1 aromatic carbocycles. The van der Waals surface area contributed by atoms with Crippen LogP contribution < -0.4 is 4.90 Å². The van der Waals surface area contributed by atoms with E-state index in [1.165, 1.54) is 0 Å². The highest BCUT2D eigenvalue weighted by molar-refractivity contribution is 6.76. The van der Waals surface area contributed by atoms with Crippen molar-refractivity contribution >= 4 is 25.6 Å². The highest BCUT2D eigenvalue weighted by Crippen LogP contribution is 2.32. The van der Waals surface area contributed by atoms with Crippen LogP contribution in [0.4, 0.5) is 10.6 Å². The molecule has 0 N–H and O–H groups in total. The van der Waals surface area contributed by atoms with Crippen LogP contribution >= 0.6 is 0 Å². The Morgan fingerprint density at radius 1 is 1.11 bits per heavy atom. The summed E-state index contributed by atoms with van der Waals surface area (Å²) in [5, 5.41) is 9.13. The molecular weight excluding hydrogens is 588 g/mol. The predicted octanol–water partition coefficient (Wildman–Crippen LogP) is 5.39. The molecule has 0 spiro atoms. The molecule has 2 aliphatic rings. The van der Waals surface area contributed by atoms with Gasteiger partial charge in [0.05, 0.1) is 25.4 Å². The minimum Gasteiger partial charge on any atom is -0.359 e. The smallest absolute Gasteiger partial charge is 0.326 e. The summed E-state index contributed by atoms with van der Waals surface area (Å²) in [5.41, 5.74) is 3.43. The van der Waals surface area contributed by atoms with E-state index < -0.39 is 13.9 Å². The maximum atomic E-state index is 13.8. The number of fused-ring (bicyclic) bond motifs is 1. The lowest BCUT2D eigenvalue weighted by Gasteiger charge is -2.25. The number of aromatic nitrogens is 6. The van der Waals surface area contributed by atoms with Crippen LogP contribution in [-0.2, 0) is 20.9 Å². The van der Waals surface area contributed by atoms with Crippen molar-refractivity contribution in [2.45, 2.75) is 78.0 Å². The number of hydrogen-bond acceptors (Lipinski definition) is 8. The number of amides is 2. The summed E-state index contributed by atoms with van der Waals surface area (Å²) in [6.07, 6.45) is 5.22. The molecule has 2 aliphatic heterocycles. The first-order chi connectivity index (χ1) is 21.4. The van der Waals surface area contributed by atoms with Crippen molar-refractivity contribution in [1.82, 2.24) is 34.3 Å². The predicted molar refractivity (Wildman–Crippen MR) is 175 cm³/mol. The summed E-state index contributed by atoms with van der Waals surface area (Å²) < 4.78 is 21.0. The number of ether oxygens (including phenoxy) is 3. The van der Waals surface area contributed by atoms with Gasteiger partial charge in [-0.15, -0.1) is 5.10 Å². The molecule has 4 aromatic rings. The normalized spacial score (nSPS) is 20.3. The average Bonchev–Trinajstić information content (AvgIpc) is 3.77. The van der Waals surface area contributed by atoms with E-state index in [1.54, 1.807) is 15.5 Å². The van der Waals surface area contributed by atoms with Gasteiger partial charge in [-0.05, 0) is 37.4 Å². The number of carbonyl (C=O) groups is 1. The van der Waals surface area contributed by atoms with E-state index in [9.17, 15) is 4.79 Å². The number of urea groups is 1. The Morgan fingerprint density at radius 2 is 1.87 bits per heavy atom. The third-order valence-corrected chi connectivity index (χ3v) is 9.99. The molecular formula is C32H44N8O4Si. The maximum absolute atomic E-state index is 13.8. The molecule has 240 valence electrons. The maximum Gasteiger partial charge on any atom is 0.326 e. The van der Waals surface area contributed by atoms with Gasteiger partial charge in [-0.25, -0.2) is 24.0 Å². The summed E-state index contributed by atoms with van der Waals surface area (Å²) in [7, 11) is -1.13. The van der Waals surface area contributed by atoms with Gasteiger partial charge in [0.15, 0.2) is 17.3 Å². The van der Waals surface area contributed by atoms with E-state index in [4.69, 9.17) is 19.2 Å². The van der Waals surface area contributed by atoms with Crippen LogP contribution in [0, 0.1) is 5.92 Å². The fourth-order valence-electron chi connectivity index (χ4n) is 5.73. The third kappa shape index (κ3) is 6.96. The van der Waals surface area contributed by atoms with Crippen LogP contribution in [0.3, 0.4) is 0 Å². The van der Waals surface area contributed by atoms with Crippen molar-refractivity contribution in [3.63, 3.8) is 0 Å². The zero-order chi connectivity index (χ0) is 31.9. The molecule has 2 amide bonds. The van der Waals surface area contributed by atoms with Crippen LogP contribution in [0.25, 0.3) is 28.2 Å². The lowest BCUT2D eigenvalue weighted by atomic mass is 10.0.